The van der Waals surface area contributed by atoms with E-state index in [9.17, 15) is 9.32 Å². The molecule has 2 unspecified atom stereocenters. The van der Waals surface area contributed by atoms with Crippen molar-refractivity contribution < 1.29 is 14.1 Å². The number of anilines is 1. The van der Waals surface area contributed by atoms with E-state index in [-0.39, 0.29) is 22.8 Å². The summed E-state index contributed by atoms with van der Waals surface area (Å²) < 4.78 is 21.7. The van der Waals surface area contributed by atoms with Gasteiger partial charge in [0.25, 0.3) is 0 Å². The van der Waals surface area contributed by atoms with Gasteiger partial charge in [0.2, 0.25) is 0 Å². The Morgan fingerprint density at radius 2 is 1.92 bits per heavy atom. The van der Waals surface area contributed by atoms with Crippen molar-refractivity contribution in [3.8, 4) is 11.8 Å². The topological polar surface area (TPSA) is 90.8 Å². The third kappa shape index (κ3) is 5.80. The zero-order valence-electron chi connectivity index (χ0n) is 22.7. The highest BCUT2D eigenvalue weighted by molar-refractivity contribution is 7.84. The summed E-state index contributed by atoms with van der Waals surface area (Å²) in [7, 11) is -1.16. The summed E-state index contributed by atoms with van der Waals surface area (Å²) in [6, 6.07) is 8.62. The lowest BCUT2D eigenvalue weighted by atomic mass is 9.73. The number of benzene rings is 1. The molecule has 0 amide bonds. The average molecular weight is 538 g/mol. The molecule has 2 aliphatic heterocycles. The van der Waals surface area contributed by atoms with Crippen LogP contribution in [0.4, 0.5) is 5.82 Å². The van der Waals surface area contributed by atoms with Crippen molar-refractivity contribution in [3.05, 3.63) is 53.0 Å². The van der Waals surface area contributed by atoms with Gasteiger partial charge in [0.1, 0.15) is 11.4 Å². The number of aliphatic hydroxyl groups excluding tert-OH is 1. The fourth-order valence-electron chi connectivity index (χ4n) is 5.74. The van der Waals surface area contributed by atoms with Gasteiger partial charge < -0.3 is 14.7 Å². The minimum absolute atomic E-state index is 0.00118. The number of nitrogens with zero attached hydrogens (tertiary/aromatic N) is 4. The van der Waals surface area contributed by atoms with Crippen LogP contribution in [0.25, 0.3) is 0 Å². The maximum Gasteiger partial charge on any atom is 0.152 e. The molecule has 8 nitrogen and oxygen atoms in total. The van der Waals surface area contributed by atoms with Crippen LogP contribution in [0.15, 0.2) is 30.5 Å². The third-order valence-electron chi connectivity index (χ3n) is 7.96. The van der Waals surface area contributed by atoms with Gasteiger partial charge in [-0.2, -0.15) is 0 Å². The lowest BCUT2D eigenvalue weighted by Crippen LogP contribution is -2.48. The highest BCUT2D eigenvalue weighted by Crippen LogP contribution is 2.52. The predicted molar refractivity (Wildman–Crippen MR) is 150 cm³/mol. The first-order chi connectivity index (χ1) is 18.3. The molecule has 2 saturated heterocycles. The summed E-state index contributed by atoms with van der Waals surface area (Å²) >= 11 is 0. The number of nitrogens with one attached hydrogen (secondary N) is 1. The van der Waals surface area contributed by atoms with E-state index in [1.165, 1.54) is 11.1 Å². The van der Waals surface area contributed by atoms with E-state index in [1.54, 1.807) is 6.20 Å². The van der Waals surface area contributed by atoms with Gasteiger partial charge >= 0.3 is 0 Å². The number of hydrogen-bond donors (Lipinski definition) is 2. The second-order valence-corrected chi connectivity index (χ2v) is 13.5. The quantitative estimate of drug-likeness (QED) is 0.567. The average Bonchev–Trinajstić information content (AvgIpc) is 3.21. The van der Waals surface area contributed by atoms with E-state index in [0.29, 0.717) is 17.9 Å². The molecule has 1 spiro atoms. The van der Waals surface area contributed by atoms with E-state index >= 15 is 0 Å². The molecule has 1 aromatic heterocycles. The van der Waals surface area contributed by atoms with Crippen molar-refractivity contribution in [2.24, 2.45) is 5.41 Å². The second kappa shape index (κ2) is 11.4. The lowest BCUT2D eigenvalue weighted by Gasteiger charge is -2.44. The maximum atomic E-state index is 13.1. The Kier molecular flexibility index (Phi) is 8.17. The standard InChI is InChI=1S/C29H39N5O3S/c1-28(2,3)38(36)32-26-24-9-5-4-7-22(24)19-29(26)10-13-34(14-11-29)27-25(21-35)31-23(20-30-27)8-6-12-33-15-17-37-18-16-33/h4-5,7,9,20,26,32,35H,10-19,21H2,1-3H3. The second-order valence-electron chi connectivity index (χ2n) is 11.5. The SMILES string of the molecule is CC(C)(C)S(=O)NC1c2ccccc2CC12CCN(c1ncc(C#CCN3CCOCC3)nc1CO)CC2. The van der Waals surface area contributed by atoms with E-state index in [2.05, 4.69) is 55.6 Å². The maximum absolute atomic E-state index is 13.1. The van der Waals surface area contributed by atoms with Crippen LogP contribution >= 0.6 is 0 Å². The minimum atomic E-state index is -1.16. The van der Waals surface area contributed by atoms with Gasteiger partial charge in [0, 0.05) is 26.2 Å². The predicted octanol–water partition coefficient (Wildman–Crippen LogP) is 2.59. The molecular formula is C29H39N5O3S. The van der Waals surface area contributed by atoms with Gasteiger partial charge in [0.05, 0.1) is 54.3 Å². The number of rotatable bonds is 5. The van der Waals surface area contributed by atoms with Gasteiger partial charge in [-0.1, -0.05) is 30.2 Å². The molecule has 0 saturated carbocycles. The molecule has 9 heteroatoms. The van der Waals surface area contributed by atoms with Crippen molar-refractivity contribution in [2.75, 3.05) is 50.8 Å². The Balaban J connectivity index is 1.29. The van der Waals surface area contributed by atoms with Crippen LogP contribution in [0.3, 0.4) is 0 Å². The third-order valence-corrected chi connectivity index (χ3v) is 9.52. The van der Waals surface area contributed by atoms with E-state index in [1.807, 2.05) is 20.8 Å². The molecule has 2 aromatic rings. The molecule has 2 atom stereocenters. The molecule has 2 N–H and O–H groups in total. The molecule has 1 aromatic carbocycles. The van der Waals surface area contributed by atoms with Gasteiger partial charge in [-0.25, -0.2) is 18.9 Å². The number of ether oxygens (including phenoxy) is 1. The lowest BCUT2D eigenvalue weighted by molar-refractivity contribution is 0.0443. The van der Waals surface area contributed by atoms with Crippen molar-refractivity contribution in [2.45, 2.75) is 57.4 Å². The largest absolute Gasteiger partial charge is 0.390 e. The van der Waals surface area contributed by atoms with Gasteiger partial charge in [-0.05, 0) is 62.5 Å². The van der Waals surface area contributed by atoms with Crippen LogP contribution in [0, 0.1) is 17.3 Å². The number of piperidine rings is 1. The highest BCUT2D eigenvalue weighted by atomic mass is 32.2. The summed E-state index contributed by atoms with van der Waals surface area (Å²) in [4.78, 5) is 13.8. The number of morpholine rings is 1. The number of fused-ring (bicyclic) bond motifs is 1. The molecule has 3 heterocycles. The molecule has 5 rings (SSSR count). The van der Waals surface area contributed by atoms with Crippen LogP contribution in [-0.4, -0.2) is 74.9 Å². The normalized spacial score (nSPS) is 22.1. The van der Waals surface area contributed by atoms with Crippen LogP contribution in [0.1, 0.15) is 62.2 Å². The molecule has 2 fully saturated rings. The smallest absolute Gasteiger partial charge is 0.152 e. The number of aliphatic hydroxyl groups is 1. The molecule has 3 aliphatic rings. The zero-order valence-corrected chi connectivity index (χ0v) is 23.5. The van der Waals surface area contributed by atoms with Gasteiger partial charge in [-0.3, -0.25) is 4.90 Å². The Morgan fingerprint density at radius 1 is 1.18 bits per heavy atom. The molecule has 204 valence electrons. The van der Waals surface area contributed by atoms with E-state index < -0.39 is 11.0 Å². The van der Waals surface area contributed by atoms with Crippen LogP contribution in [0.2, 0.25) is 0 Å². The monoisotopic (exact) mass is 537 g/mol. The highest BCUT2D eigenvalue weighted by Gasteiger charge is 2.49. The zero-order chi connectivity index (χ0) is 26.8. The summed E-state index contributed by atoms with van der Waals surface area (Å²) in [5.41, 5.74) is 3.77. The number of aromatic nitrogens is 2. The first-order valence-corrected chi connectivity index (χ1v) is 14.7. The number of hydrogen-bond acceptors (Lipinski definition) is 7. The molecule has 0 radical (unpaired) electrons. The fraction of sp³-hybridized carbons (Fsp3) is 0.586. The molecule has 38 heavy (non-hydrogen) atoms. The van der Waals surface area contributed by atoms with Crippen molar-refractivity contribution in [3.63, 3.8) is 0 Å². The van der Waals surface area contributed by atoms with Crippen LogP contribution in [-0.2, 0) is 28.8 Å². The van der Waals surface area contributed by atoms with Crippen molar-refractivity contribution >= 4 is 16.8 Å². The van der Waals surface area contributed by atoms with Crippen LogP contribution in [0.5, 0.6) is 0 Å². The van der Waals surface area contributed by atoms with E-state index in [0.717, 1.165) is 64.5 Å². The van der Waals surface area contributed by atoms with Crippen LogP contribution < -0.4 is 9.62 Å². The summed E-state index contributed by atoms with van der Waals surface area (Å²) in [6.45, 7) is 11.4. The van der Waals surface area contributed by atoms with Gasteiger partial charge in [0.15, 0.2) is 5.82 Å². The Labute approximate surface area is 228 Å². The summed E-state index contributed by atoms with van der Waals surface area (Å²) in [5.74, 6) is 7.03. The summed E-state index contributed by atoms with van der Waals surface area (Å²) in [6.07, 6.45) is 4.57. The fourth-order valence-corrected chi connectivity index (χ4v) is 6.69. The molecule has 1 aliphatic carbocycles. The van der Waals surface area contributed by atoms with Crippen molar-refractivity contribution in [1.29, 1.82) is 0 Å². The minimum Gasteiger partial charge on any atom is -0.390 e. The molecule has 0 bridgehead atoms. The Morgan fingerprint density at radius 3 is 2.63 bits per heavy atom. The van der Waals surface area contributed by atoms with Crippen molar-refractivity contribution in [1.82, 2.24) is 19.6 Å². The Bertz CT molecular complexity index is 1220. The Hall–Kier alpha value is -2.35. The first kappa shape index (κ1) is 27.2. The first-order valence-electron chi connectivity index (χ1n) is 13.6. The molecular weight excluding hydrogens is 498 g/mol. The van der Waals surface area contributed by atoms with E-state index in [4.69, 9.17) is 9.72 Å². The summed E-state index contributed by atoms with van der Waals surface area (Å²) in [5, 5.41) is 10.1. The van der Waals surface area contributed by atoms with Gasteiger partial charge in [-0.15, -0.1) is 0 Å².